The van der Waals surface area contributed by atoms with Crippen molar-refractivity contribution in [1.82, 2.24) is 9.13 Å². The average molecular weight is 270 g/mol. The molecule has 0 unspecified atom stereocenters. The molecule has 0 saturated heterocycles. The molecule has 0 aliphatic rings. The molecule has 0 radical (unpaired) electrons. The van der Waals surface area contributed by atoms with Crippen LogP contribution >= 0.6 is 0 Å². The molecule has 7 nitrogen and oxygen atoms in total. The summed E-state index contributed by atoms with van der Waals surface area (Å²) in [6, 6.07) is 0. The monoisotopic (exact) mass is 270 g/mol. The van der Waals surface area contributed by atoms with Crippen molar-refractivity contribution in [1.29, 1.82) is 0 Å². The van der Waals surface area contributed by atoms with E-state index in [9.17, 15) is 14.7 Å². The topological polar surface area (TPSA) is 102 Å². The van der Waals surface area contributed by atoms with Gasteiger partial charge >= 0.3 is 5.69 Å². The van der Waals surface area contributed by atoms with Crippen LogP contribution in [0, 0.1) is 0 Å². The second kappa shape index (κ2) is 5.48. The maximum atomic E-state index is 12.1. The minimum Gasteiger partial charge on any atom is -0.394 e. The summed E-state index contributed by atoms with van der Waals surface area (Å²) in [5, 5.41) is 12.2. The molecular weight excluding hydrogens is 248 g/mol. The summed E-state index contributed by atoms with van der Waals surface area (Å²) in [6.45, 7) is 5.67. The van der Waals surface area contributed by atoms with Crippen LogP contribution in [0.2, 0.25) is 0 Å². The van der Waals surface area contributed by atoms with Gasteiger partial charge in [-0.15, -0.1) is 0 Å². The number of nitrogen functional groups attached to an aromatic ring is 1. The highest BCUT2D eigenvalue weighted by atomic mass is 16.3. The quantitative estimate of drug-likeness (QED) is 0.683. The van der Waals surface area contributed by atoms with E-state index in [2.05, 4.69) is 5.32 Å². The first-order valence-electron chi connectivity index (χ1n) is 6.23. The Labute approximate surface area is 111 Å². The third kappa shape index (κ3) is 2.98. The van der Waals surface area contributed by atoms with Gasteiger partial charge in [-0.05, 0) is 20.3 Å². The van der Waals surface area contributed by atoms with Crippen molar-refractivity contribution in [2.75, 3.05) is 17.7 Å². The van der Waals surface area contributed by atoms with E-state index >= 15 is 0 Å². The van der Waals surface area contributed by atoms with Crippen LogP contribution in [0.5, 0.6) is 0 Å². The van der Waals surface area contributed by atoms with E-state index < -0.39 is 16.8 Å². The van der Waals surface area contributed by atoms with E-state index in [0.29, 0.717) is 6.54 Å². The molecule has 0 bridgehead atoms. The fraction of sp³-hybridized carbons (Fsp3) is 0.667. The second-order valence-corrected chi connectivity index (χ2v) is 5.23. The molecule has 0 fully saturated rings. The van der Waals surface area contributed by atoms with Gasteiger partial charge in [0, 0.05) is 13.6 Å². The molecular formula is C12H22N4O3. The highest BCUT2D eigenvalue weighted by Crippen LogP contribution is 2.16. The molecule has 0 aliphatic heterocycles. The lowest BCUT2D eigenvalue weighted by Crippen LogP contribution is -2.44. The van der Waals surface area contributed by atoms with Crippen LogP contribution in [0.3, 0.4) is 0 Å². The zero-order valence-corrected chi connectivity index (χ0v) is 11.9. The van der Waals surface area contributed by atoms with Gasteiger partial charge in [0.1, 0.15) is 11.5 Å². The van der Waals surface area contributed by atoms with Gasteiger partial charge in [-0.1, -0.05) is 6.92 Å². The summed E-state index contributed by atoms with van der Waals surface area (Å²) in [7, 11) is 1.41. The van der Waals surface area contributed by atoms with Gasteiger partial charge in [-0.2, -0.15) is 0 Å². The van der Waals surface area contributed by atoms with Gasteiger partial charge in [-0.25, -0.2) is 4.79 Å². The molecule has 1 aromatic rings. The van der Waals surface area contributed by atoms with Crippen molar-refractivity contribution < 1.29 is 5.11 Å². The number of nitrogens with two attached hydrogens (primary N) is 1. The lowest BCUT2D eigenvalue weighted by atomic mass is 10.1. The molecule has 4 N–H and O–H groups in total. The van der Waals surface area contributed by atoms with Gasteiger partial charge in [-0.3, -0.25) is 13.9 Å². The van der Waals surface area contributed by atoms with E-state index in [1.807, 2.05) is 6.92 Å². The lowest BCUT2D eigenvalue weighted by molar-refractivity contribution is 0.234. The Morgan fingerprint density at radius 2 is 1.95 bits per heavy atom. The second-order valence-electron chi connectivity index (χ2n) is 5.23. The highest BCUT2D eigenvalue weighted by molar-refractivity contribution is 5.61. The maximum Gasteiger partial charge on any atom is 0.332 e. The van der Waals surface area contributed by atoms with Crippen molar-refractivity contribution in [3.05, 3.63) is 20.8 Å². The van der Waals surface area contributed by atoms with Crippen molar-refractivity contribution in [3.8, 4) is 0 Å². The molecule has 1 aromatic heterocycles. The number of rotatable bonds is 5. The minimum absolute atomic E-state index is 0.108. The Hall–Kier alpha value is -1.76. The first-order valence-corrected chi connectivity index (χ1v) is 6.23. The van der Waals surface area contributed by atoms with Crippen LogP contribution in [0.1, 0.15) is 27.2 Å². The zero-order valence-electron chi connectivity index (χ0n) is 11.9. The minimum atomic E-state index is -0.700. The van der Waals surface area contributed by atoms with E-state index in [-0.39, 0.29) is 18.1 Å². The first kappa shape index (κ1) is 15.3. The molecule has 19 heavy (non-hydrogen) atoms. The molecule has 1 heterocycles. The summed E-state index contributed by atoms with van der Waals surface area (Å²) in [4.78, 5) is 24.0. The van der Waals surface area contributed by atoms with E-state index in [1.165, 1.54) is 11.6 Å². The first-order chi connectivity index (χ1) is 8.75. The molecule has 0 atom stereocenters. The molecule has 7 heteroatoms. The van der Waals surface area contributed by atoms with Crippen LogP contribution in [0.25, 0.3) is 0 Å². The number of hydrogen-bond donors (Lipinski definition) is 3. The van der Waals surface area contributed by atoms with Crippen LogP contribution in [-0.4, -0.2) is 26.4 Å². The number of aliphatic hydroxyl groups excluding tert-OH is 1. The summed E-state index contributed by atoms with van der Waals surface area (Å²) >= 11 is 0. The van der Waals surface area contributed by atoms with Crippen molar-refractivity contribution in [2.45, 2.75) is 39.3 Å². The molecule has 0 spiro atoms. The van der Waals surface area contributed by atoms with E-state index in [0.717, 1.165) is 11.0 Å². The standard InChI is InChI=1S/C12H22N4O3/c1-5-6-16-9(13)8(14-12(2,3)7-17)10(18)15(4)11(16)19/h14,17H,5-7,13H2,1-4H3. The Balaban J connectivity index is 3.48. The smallest absolute Gasteiger partial charge is 0.332 e. The molecule has 0 aromatic carbocycles. The Morgan fingerprint density at radius 3 is 2.42 bits per heavy atom. The predicted octanol–water partition coefficient (Wildman–Crippen LogP) is -0.278. The normalized spacial score (nSPS) is 11.6. The molecule has 0 aliphatic carbocycles. The molecule has 1 rings (SSSR count). The predicted molar refractivity (Wildman–Crippen MR) is 75.4 cm³/mol. The van der Waals surface area contributed by atoms with Crippen LogP contribution < -0.4 is 22.3 Å². The average Bonchev–Trinajstić information content (AvgIpc) is 2.37. The van der Waals surface area contributed by atoms with Gasteiger partial charge in [0.25, 0.3) is 5.56 Å². The highest BCUT2D eigenvalue weighted by Gasteiger charge is 2.22. The fourth-order valence-electron chi connectivity index (χ4n) is 1.72. The van der Waals surface area contributed by atoms with Gasteiger partial charge < -0.3 is 16.2 Å². The number of aliphatic hydroxyl groups is 1. The maximum absolute atomic E-state index is 12.1. The van der Waals surface area contributed by atoms with E-state index in [1.54, 1.807) is 13.8 Å². The summed E-state index contributed by atoms with van der Waals surface area (Å²) in [5.74, 6) is 0.108. The molecule has 108 valence electrons. The Kier molecular flexibility index (Phi) is 4.41. The molecule has 0 amide bonds. The summed E-state index contributed by atoms with van der Waals surface area (Å²) < 4.78 is 2.37. The van der Waals surface area contributed by atoms with Crippen LogP contribution in [0.4, 0.5) is 11.5 Å². The van der Waals surface area contributed by atoms with Crippen LogP contribution in [0.15, 0.2) is 9.59 Å². The third-order valence-electron chi connectivity index (χ3n) is 2.89. The van der Waals surface area contributed by atoms with Gasteiger partial charge in [0.15, 0.2) is 0 Å². The zero-order chi connectivity index (χ0) is 14.8. The fourth-order valence-corrected chi connectivity index (χ4v) is 1.72. The van der Waals surface area contributed by atoms with Crippen LogP contribution in [-0.2, 0) is 13.6 Å². The Morgan fingerprint density at radius 1 is 1.37 bits per heavy atom. The summed E-state index contributed by atoms with van der Waals surface area (Å²) in [6.07, 6.45) is 0.727. The number of hydrogen-bond acceptors (Lipinski definition) is 5. The van der Waals surface area contributed by atoms with Crippen molar-refractivity contribution in [2.24, 2.45) is 7.05 Å². The number of nitrogens with one attached hydrogen (secondary N) is 1. The SMILES string of the molecule is CCCn1c(N)c(NC(C)(C)CO)c(=O)n(C)c1=O. The van der Waals surface area contributed by atoms with Crippen molar-refractivity contribution >= 4 is 11.5 Å². The third-order valence-corrected chi connectivity index (χ3v) is 2.89. The summed E-state index contributed by atoms with van der Waals surface area (Å²) in [5.41, 5.74) is 4.43. The largest absolute Gasteiger partial charge is 0.394 e. The lowest BCUT2D eigenvalue weighted by Gasteiger charge is -2.26. The van der Waals surface area contributed by atoms with Gasteiger partial charge in [0.05, 0.1) is 12.1 Å². The van der Waals surface area contributed by atoms with E-state index in [4.69, 9.17) is 5.73 Å². The van der Waals surface area contributed by atoms with Crippen molar-refractivity contribution in [3.63, 3.8) is 0 Å². The number of aromatic nitrogens is 2. The number of nitrogens with zero attached hydrogens (tertiary/aromatic N) is 2. The molecule has 0 saturated carbocycles. The van der Waals surface area contributed by atoms with Gasteiger partial charge in [0.2, 0.25) is 0 Å². The Bertz CT molecular complexity index is 572. The number of anilines is 2.